The first-order valence-electron chi connectivity index (χ1n) is 4.31. The highest BCUT2D eigenvalue weighted by atomic mass is 15.3. The molecule has 4 N–H and O–H groups in total. The SMILES string of the molecule is N=C1NN=C2C1=Cc1c(N)cccc12. The topological polar surface area (TPSA) is 74.3 Å². The summed E-state index contributed by atoms with van der Waals surface area (Å²) in [4.78, 5) is 0. The summed E-state index contributed by atoms with van der Waals surface area (Å²) < 4.78 is 0. The third-order valence-corrected chi connectivity index (χ3v) is 2.49. The first kappa shape index (κ1) is 7.32. The van der Waals surface area contributed by atoms with Gasteiger partial charge in [-0.1, -0.05) is 12.1 Å². The summed E-state index contributed by atoms with van der Waals surface area (Å²) in [6, 6.07) is 5.72. The fraction of sp³-hybridized carbons (Fsp3) is 0. The van der Waals surface area contributed by atoms with Crippen molar-refractivity contribution in [1.29, 1.82) is 5.41 Å². The van der Waals surface area contributed by atoms with Gasteiger partial charge in [-0.25, -0.2) is 0 Å². The van der Waals surface area contributed by atoms with Gasteiger partial charge in [0, 0.05) is 22.4 Å². The van der Waals surface area contributed by atoms with E-state index >= 15 is 0 Å². The molecule has 0 atom stereocenters. The van der Waals surface area contributed by atoms with Crippen molar-refractivity contribution in [3.63, 3.8) is 0 Å². The van der Waals surface area contributed by atoms with E-state index in [1.807, 2.05) is 24.3 Å². The summed E-state index contributed by atoms with van der Waals surface area (Å²) in [7, 11) is 0. The molecule has 3 rings (SSSR count). The van der Waals surface area contributed by atoms with Crippen LogP contribution < -0.4 is 11.2 Å². The predicted molar refractivity (Wildman–Crippen MR) is 56.2 cm³/mol. The van der Waals surface area contributed by atoms with Crippen molar-refractivity contribution in [3.8, 4) is 0 Å². The Labute approximate surface area is 80.6 Å². The molecule has 14 heavy (non-hydrogen) atoms. The predicted octanol–water partition coefficient (Wildman–Crippen LogP) is 0.950. The lowest BCUT2D eigenvalue weighted by atomic mass is 10.1. The summed E-state index contributed by atoms with van der Waals surface area (Å²) in [6.45, 7) is 0. The average molecular weight is 184 g/mol. The molecule has 0 saturated heterocycles. The summed E-state index contributed by atoms with van der Waals surface area (Å²) in [5, 5.41) is 11.7. The number of hydrogen-bond donors (Lipinski definition) is 3. The molecule has 4 heteroatoms. The first-order chi connectivity index (χ1) is 6.77. The Hall–Kier alpha value is -2.10. The van der Waals surface area contributed by atoms with Crippen molar-refractivity contribution in [2.75, 3.05) is 5.73 Å². The number of nitrogens with zero attached hydrogens (tertiary/aromatic N) is 1. The number of benzene rings is 1. The zero-order valence-electron chi connectivity index (χ0n) is 7.33. The van der Waals surface area contributed by atoms with Gasteiger partial charge in [0.25, 0.3) is 0 Å². The van der Waals surface area contributed by atoms with Crippen LogP contribution in [0.3, 0.4) is 0 Å². The van der Waals surface area contributed by atoms with Gasteiger partial charge in [-0.15, -0.1) is 0 Å². The van der Waals surface area contributed by atoms with Crippen LogP contribution in [0.15, 0.2) is 28.9 Å². The zero-order valence-corrected chi connectivity index (χ0v) is 7.33. The van der Waals surface area contributed by atoms with Crippen molar-refractivity contribution >= 4 is 23.3 Å². The molecule has 4 nitrogen and oxygen atoms in total. The van der Waals surface area contributed by atoms with Crippen LogP contribution in [-0.2, 0) is 0 Å². The van der Waals surface area contributed by atoms with Crippen LogP contribution in [0.2, 0.25) is 0 Å². The van der Waals surface area contributed by atoms with E-state index in [2.05, 4.69) is 10.5 Å². The van der Waals surface area contributed by atoms with E-state index in [9.17, 15) is 0 Å². The second kappa shape index (κ2) is 2.23. The maximum Gasteiger partial charge on any atom is 0.148 e. The van der Waals surface area contributed by atoms with Gasteiger partial charge in [0.05, 0.1) is 0 Å². The van der Waals surface area contributed by atoms with Crippen molar-refractivity contribution < 1.29 is 0 Å². The Bertz CT molecular complexity index is 511. The lowest BCUT2D eigenvalue weighted by molar-refractivity contribution is 1.04. The highest BCUT2D eigenvalue weighted by Crippen LogP contribution is 2.31. The molecular weight excluding hydrogens is 176 g/mol. The van der Waals surface area contributed by atoms with Gasteiger partial charge in [0.2, 0.25) is 0 Å². The van der Waals surface area contributed by atoms with Crippen LogP contribution in [0, 0.1) is 5.41 Å². The summed E-state index contributed by atoms with van der Waals surface area (Å²) in [6.07, 6.45) is 1.91. The Morgan fingerprint density at radius 1 is 1.36 bits per heavy atom. The Kier molecular flexibility index (Phi) is 1.16. The van der Waals surface area contributed by atoms with E-state index in [1.165, 1.54) is 0 Å². The lowest BCUT2D eigenvalue weighted by Gasteiger charge is -2.00. The molecule has 0 spiro atoms. The molecule has 2 aliphatic rings. The minimum absolute atomic E-state index is 0.343. The largest absolute Gasteiger partial charge is 0.398 e. The molecule has 1 aromatic rings. The van der Waals surface area contributed by atoms with Crippen LogP contribution in [0.4, 0.5) is 5.69 Å². The number of nitrogens with two attached hydrogens (primary N) is 1. The quantitative estimate of drug-likeness (QED) is 0.525. The highest BCUT2D eigenvalue weighted by molar-refractivity contribution is 6.38. The normalized spacial score (nSPS) is 17.0. The molecular formula is C10H8N4. The molecule has 0 saturated carbocycles. The van der Waals surface area contributed by atoms with Crippen molar-refractivity contribution in [2.24, 2.45) is 5.10 Å². The van der Waals surface area contributed by atoms with Gasteiger partial charge in [-0.2, -0.15) is 5.10 Å². The van der Waals surface area contributed by atoms with Gasteiger partial charge >= 0.3 is 0 Å². The van der Waals surface area contributed by atoms with Gasteiger partial charge in [-0.05, 0) is 12.1 Å². The fourth-order valence-electron chi connectivity index (χ4n) is 1.79. The smallest absolute Gasteiger partial charge is 0.148 e. The fourth-order valence-corrected chi connectivity index (χ4v) is 1.79. The summed E-state index contributed by atoms with van der Waals surface area (Å²) >= 11 is 0. The maximum absolute atomic E-state index is 7.59. The minimum Gasteiger partial charge on any atom is -0.398 e. The zero-order chi connectivity index (χ0) is 9.71. The van der Waals surface area contributed by atoms with Gasteiger partial charge in [0.15, 0.2) is 0 Å². The van der Waals surface area contributed by atoms with Gasteiger partial charge in [0.1, 0.15) is 11.5 Å². The third kappa shape index (κ3) is 0.724. The number of amidine groups is 1. The average Bonchev–Trinajstić information content (AvgIpc) is 2.69. The monoisotopic (exact) mass is 184 g/mol. The van der Waals surface area contributed by atoms with E-state index in [0.29, 0.717) is 5.84 Å². The molecule has 1 aliphatic heterocycles. The van der Waals surface area contributed by atoms with E-state index in [4.69, 9.17) is 11.1 Å². The van der Waals surface area contributed by atoms with Crippen LogP contribution >= 0.6 is 0 Å². The standard InChI is InChI=1S/C10H8N4/c11-8-3-1-2-5-6(8)4-7-9(5)13-14-10(7)12/h1-4H,11H2,(H2,12,14). The first-order valence-corrected chi connectivity index (χ1v) is 4.31. The van der Waals surface area contributed by atoms with Gasteiger partial charge < -0.3 is 5.73 Å². The number of hydrogen-bond acceptors (Lipinski definition) is 3. The minimum atomic E-state index is 0.343. The van der Waals surface area contributed by atoms with E-state index < -0.39 is 0 Å². The van der Waals surface area contributed by atoms with E-state index in [1.54, 1.807) is 0 Å². The Balaban J connectivity index is 2.31. The van der Waals surface area contributed by atoms with Crippen LogP contribution in [0.25, 0.3) is 6.08 Å². The molecule has 1 aliphatic carbocycles. The maximum atomic E-state index is 7.59. The van der Waals surface area contributed by atoms with Crippen LogP contribution in [0.5, 0.6) is 0 Å². The van der Waals surface area contributed by atoms with Gasteiger partial charge in [-0.3, -0.25) is 10.8 Å². The van der Waals surface area contributed by atoms with Crippen molar-refractivity contribution in [1.82, 2.24) is 5.43 Å². The Morgan fingerprint density at radius 3 is 3.07 bits per heavy atom. The number of anilines is 1. The molecule has 0 unspecified atom stereocenters. The van der Waals surface area contributed by atoms with Crippen molar-refractivity contribution in [3.05, 3.63) is 34.9 Å². The summed E-state index contributed by atoms with van der Waals surface area (Å²) in [5.74, 6) is 0.343. The molecule has 68 valence electrons. The highest BCUT2D eigenvalue weighted by Gasteiger charge is 2.28. The third-order valence-electron chi connectivity index (χ3n) is 2.49. The second-order valence-corrected chi connectivity index (χ2v) is 3.31. The number of nitrogen functional groups attached to an aromatic ring is 1. The molecule has 1 heterocycles. The van der Waals surface area contributed by atoms with Crippen LogP contribution in [0.1, 0.15) is 11.1 Å². The number of fused-ring (bicyclic) bond motifs is 3. The van der Waals surface area contributed by atoms with Crippen molar-refractivity contribution in [2.45, 2.75) is 0 Å². The van der Waals surface area contributed by atoms with Crippen LogP contribution in [-0.4, -0.2) is 11.5 Å². The van der Waals surface area contributed by atoms with E-state index in [-0.39, 0.29) is 0 Å². The summed E-state index contributed by atoms with van der Waals surface area (Å²) in [5.41, 5.74) is 12.9. The number of hydrazone groups is 1. The molecule has 0 aromatic heterocycles. The number of nitrogens with one attached hydrogen (secondary N) is 2. The Morgan fingerprint density at radius 2 is 2.21 bits per heavy atom. The molecule has 0 radical (unpaired) electrons. The lowest BCUT2D eigenvalue weighted by Crippen LogP contribution is -2.10. The second-order valence-electron chi connectivity index (χ2n) is 3.31. The molecule has 0 bridgehead atoms. The molecule has 1 aromatic carbocycles. The molecule has 0 amide bonds. The number of rotatable bonds is 0. The molecule has 0 fully saturated rings. The van der Waals surface area contributed by atoms with E-state index in [0.717, 1.165) is 28.1 Å².